The van der Waals surface area contributed by atoms with Crippen molar-refractivity contribution in [1.29, 1.82) is 0 Å². The second-order valence-corrected chi connectivity index (χ2v) is 4.39. The number of anilines is 2. The minimum atomic E-state index is -0.0327. The number of hydrazone groups is 1. The number of rotatable bonds is 3. The summed E-state index contributed by atoms with van der Waals surface area (Å²) < 4.78 is 0. The summed E-state index contributed by atoms with van der Waals surface area (Å²) in [6, 6.07) is 7.83. The van der Waals surface area contributed by atoms with Crippen LogP contribution in [0.1, 0.15) is 18.4 Å². The van der Waals surface area contributed by atoms with Gasteiger partial charge in [-0.25, -0.2) is 10.4 Å². The predicted octanol–water partition coefficient (Wildman–Crippen LogP) is 1.83. The maximum atomic E-state index is 11.1. The number of hydrogen-bond acceptors (Lipinski definition) is 5. The smallest absolute Gasteiger partial charge is 0.240 e. The summed E-state index contributed by atoms with van der Waals surface area (Å²) in [4.78, 5) is 19.2. The fraction of sp³-hybridized carbons (Fsp3) is 0.143. The topological polar surface area (TPSA) is 79.3 Å². The largest absolute Gasteiger partial charge is 0.339 e. The van der Waals surface area contributed by atoms with Gasteiger partial charge < -0.3 is 5.32 Å². The van der Waals surface area contributed by atoms with Crippen LogP contribution in [0.15, 0.2) is 48.0 Å². The number of aromatic nitrogens is 2. The van der Waals surface area contributed by atoms with E-state index in [1.165, 1.54) is 0 Å². The van der Waals surface area contributed by atoms with Crippen LogP contribution >= 0.6 is 0 Å². The Hall–Kier alpha value is -2.76. The molecule has 1 aliphatic rings. The van der Waals surface area contributed by atoms with Crippen molar-refractivity contribution in [3.05, 3.63) is 48.4 Å². The fourth-order valence-electron chi connectivity index (χ4n) is 1.94. The summed E-state index contributed by atoms with van der Waals surface area (Å²) >= 11 is 0. The van der Waals surface area contributed by atoms with Crippen molar-refractivity contribution in [3.63, 3.8) is 0 Å². The van der Waals surface area contributed by atoms with Crippen LogP contribution in [0.3, 0.4) is 0 Å². The molecule has 2 N–H and O–H groups in total. The Morgan fingerprint density at radius 3 is 2.60 bits per heavy atom. The van der Waals surface area contributed by atoms with Gasteiger partial charge in [0.25, 0.3) is 0 Å². The summed E-state index contributed by atoms with van der Waals surface area (Å²) in [6.45, 7) is 0. The van der Waals surface area contributed by atoms with Crippen LogP contribution in [0, 0.1) is 0 Å². The van der Waals surface area contributed by atoms with E-state index < -0.39 is 0 Å². The van der Waals surface area contributed by atoms with Gasteiger partial charge in [-0.2, -0.15) is 5.10 Å². The van der Waals surface area contributed by atoms with Crippen LogP contribution in [0.4, 0.5) is 11.5 Å². The normalized spacial score (nSPS) is 14.4. The number of nitrogens with one attached hydrogen (secondary N) is 2. The molecule has 0 radical (unpaired) electrons. The summed E-state index contributed by atoms with van der Waals surface area (Å²) in [5.41, 5.74) is 5.33. The molecular formula is C14H13N5O. The lowest BCUT2D eigenvalue weighted by molar-refractivity contribution is -0.121. The van der Waals surface area contributed by atoms with Crippen LogP contribution in [0.5, 0.6) is 0 Å². The van der Waals surface area contributed by atoms with E-state index in [4.69, 9.17) is 0 Å². The molecular weight excluding hydrogens is 254 g/mol. The van der Waals surface area contributed by atoms with Crippen molar-refractivity contribution in [2.75, 3.05) is 5.32 Å². The highest BCUT2D eigenvalue weighted by Gasteiger charge is 2.12. The van der Waals surface area contributed by atoms with Gasteiger partial charge in [-0.1, -0.05) is 12.1 Å². The zero-order valence-corrected chi connectivity index (χ0v) is 10.7. The van der Waals surface area contributed by atoms with E-state index in [0.29, 0.717) is 18.7 Å². The van der Waals surface area contributed by atoms with Gasteiger partial charge in [-0.05, 0) is 17.7 Å². The Balaban J connectivity index is 1.73. The number of benzene rings is 1. The molecule has 6 heteroatoms. The van der Waals surface area contributed by atoms with Gasteiger partial charge in [0.05, 0.1) is 11.9 Å². The predicted molar refractivity (Wildman–Crippen MR) is 75.7 cm³/mol. The average molecular weight is 267 g/mol. The van der Waals surface area contributed by atoms with Gasteiger partial charge >= 0.3 is 0 Å². The Morgan fingerprint density at radius 2 is 1.95 bits per heavy atom. The first-order valence-corrected chi connectivity index (χ1v) is 6.30. The molecule has 1 aliphatic heterocycles. The van der Waals surface area contributed by atoms with E-state index in [-0.39, 0.29) is 5.91 Å². The molecule has 20 heavy (non-hydrogen) atoms. The highest BCUT2D eigenvalue weighted by molar-refractivity contribution is 6.04. The molecule has 6 nitrogen and oxygen atoms in total. The van der Waals surface area contributed by atoms with E-state index in [1.807, 2.05) is 24.3 Å². The van der Waals surface area contributed by atoms with Gasteiger partial charge in [0, 0.05) is 30.9 Å². The highest BCUT2D eigenvalue weighted by Crippen LogP contribution is 2.16. The van der Waals surface area contributed by atoms with Crippen LogP contribution < -0.4 is 10.7 Å². The van der Waals surface area contributed by atoms with E-state index in [9.17, 15) is 4.79 Å². The lowest BCUT2D eigenvalue weighted by atomic mass is 10.0. The van der Waals surface area contributed by atoms with E-state index in [1.54, 1.807) is 18.6 Å². The van der Waals surface area contributed by atoms with E-state index in [2.05, 4.69) is 25.8 Å². The SMILES string of the molecule is O=C1CCC(c2ccc(Nc3cnccn3)cc2)=NN1. The first-order valence-electron chi connectivity index (χ1n) is 6.30. The van der Waals surface area contributed by atoms with Crippen molar-refractivity contribution in [2.24, 2.45) is 5.10 Å². The molecule has 0 spiro atoms. The average Bonchev–Trinajstić information content (AvgIpc) is 2.50. The Morgan fingerprint density at radius 1 is 1.10 bits per heavy atom. The van der Waals surface area contributed by atoms with Gasteiger partial charge in [0.2, 0.25) is 5.91 Å². The molecule has 0 aliphatic carbocycles. The van der Waals surface area contributed by atoms with Crippen molar-refractivity contribution >= 4 is 23.1 Å². The number of amides is 1. The molecule has 3 rings (SSSR count). The molecule has 1 aromatic heterocycles. The van der Waals surface area contributed by atoms with Crippen molar-refractivity contribution in [3.8, 4) is 0 Å². The number of carbonyl (C=O) groups excluding carboxylic acids is 1. The van der Waals surface area contributed by atoms with Crippen LogP contribution in [0.2, 0.25) is 0 Å². The monoisotopic (exact) mass is 267 g/mol. The summed E-state index contributed by atoms with van der Waals surface area (Å²) in [7, 11) is 0. The Labute approximate surface area is 116 Å². The molecule has 0 fully saturated rings. The molecule has 0 bridgehead atoms. The minimum absolute atomic E-state index is 0.0327. The zero-order chi connectivity index (χ0) is 13.8. The summed E-state index contributed by atoms with van der Waals surface area (Å²) in [5.74, 6) is 0.664. The molecule has 0 saturated heterocycles. The van der Waals surface area contributed by atoms with Crippen molar-refractivity contribution < 1.29 is 4.79 Å². The third-order valence-electron chi connectivity index (χ3n) is 2.96. The van der Waals surface area contributed by atoms with Crippen LogP contribution in [-0.4, -0.2) is 21.6 Å². The third-order valence-corrected chi connectivity index (χ3v) is 2.96. The second-order valence-electron chi connectivity index (χ2n) is 4.39. The summed E-state index contributed by atoms with van der Waals surface area (Å²) in [6.07, 6.45) is 6.08. The quantitative estimate of drug-likeness (QED) is 0.889. The molecule has 100 valence electrons. The molecule has 0 unspecified atom stereocenters. The van der Waals surface area contributed by atoms with Gasteiger partial charge in [0.15, 0.2) is 0 Å². The van der Waals surface area contributed by atoms with Crippen molar-refractivity contribution in [1.82, 2.24) is 15.4 Å². The molecule has 1 aromatic carbocycles. The highest BCUT2D eigenvalue weighted by atomic mass is 16.2. The standard InChI is InChI=1S/C14H13N5O/c20-14-6-5-12(18-19-14)10-1-3-11(4-2-10)17-13-9-15-7-8-16-13/h1-4,7-9H,5-6H2,(H,16,17)(H,19,20). The first-order chi connectivity index (χ1) is 9.81. The first kappa shape index (κ1) is 12.3. The molecule has 2 heterocycles. The Bertz CT molecular complexity index is 636. The van der Waals surface area contributed by atoms with Gasteiger partial charge in [0.1, 0.15) is 5.82 Å². The second kappa shape index (κ2) is 5.48. The summed E-state index contributed by atoms with van der Waals surface area (Å²) in [5, 5.41) is 7.23. The maximum Gasteiger partial charge on any atom is 0.240 e. The van der Waals surface area contributed by atoms with Crippen LogP contribution in [-0.2, 0) is 4.79 Å². The lowest BCUT2D eigenvalue weighted by Gasteiger charge is -2.12. The number of nitrogens with zero attached hydrogens (tertiary/aromatic N) is 3. The fourth-order valence-corrected chi connectivity index (χ4v) is 1.94. The van der Waals surface area contributed by atoms with E-state index >= 15 is 0 Å². The number of hydrogen-bond donors (Lipinski definition) is 2. The molecule has 0 atom stereocenters. The zero-order valence-electron chi connectivity index (χ0n) is 10.7. The molecule has 2 aromatic rings. The van der Waals surface area contributed by atoms with Crippen LogP contribution in [0.25, 0.3) is 0 Å². The van der Waals surface area contributed by atoms with Gasteiger partial charge in [-0.3, -0.25) is 9.78 Å². The molecule has 0 saturated carbocycles. The molecule has 1 amide bonds. The maximum absolute atomic E-state index is 11.1. The lowest BCUT2D eigenvalue weighted by Crippen LogP contribution is -2.25. The third kappa shape index (κ3) is 2.80. The van der Waals surface area contributed by atoms with E-state index in [0.717, 1.165) is 17.0 Å². The van der Waals surface area contributed by atoms with Crippen molar-refractivity contribution in [2.45, 2.75) is 12.8 Å². The number of carbonyl (C=O) groups is 1. The Kier molecular flexibility index (Phi) is 3.36. The minimum Gasteiger partial charge on any atom is -0.339 e. The van der Waals surface area contributed by atoms with Gasteiger partial charge in [-0.15, -0.1) is 0 Å².